The summed E-state index contributed by atoms with van der Waals surface area (Å²) in [6, 6.07) is 7.12. The molecule has 0 amide bonds. The Kier molecular flexibility index (Phi) is 4.28. The van der Waals surface area contributed by atoms with Crippen LogP contribution >= 0.6 is 0 Å². The van der Waals surface area contributed by atoms with E-state index in [1.165, 1.54) is 0 Å². The summed E-state index contributed by atoms with van der Waals surface area (Å²) in [6.45, 7) is 8.07. The minimum absolute atomic E-state index is 0.0278. The molecule has 2 rings (SSSR count). The second-order valence-electron chi connectivity index (χ2n) is 5.44. The molecule has 106 valence electrons. The minimum atomic E-state index is -3.38. The summed E-state index contributed by atoms with van der Waals surface area (Å²) in [5, 5.41) is 3.27. The fraction of sp³-hybridized carbons (Fsp3) is 0.571. The maximum absolute atomic E-state index is 12.7. The first-order valence-corrected chi connectivity index (χ1v) is 8.16. The first kappa shape index (κ1) is 14.5. The Morgan fingerprint density at radius 2 is 1.89 bits per heavy atom. The lowest BCUT2D eigenvalue weighted by molar-refractivity contribution is 0.217. The van der Waals surface area contributed by atoms with Gasteiger partial charge in [-0.1, -0.05) is 31.5 Å². The highest BCUT2D eigenvalue weighted by Crippen LogP contribution is 2.23. The lowest BCUT2D eigenvalue weighted by Gasteiger charge is -2.37. The molecule has 4 nitrogen and oxygen atoms in total. The van der Waals surface area contributed by atoms with Crippen LogP contribution < -0.4 is 5.32 Å². The van der Waals surface area contributed by atoms with Gasteiger partial charge in [-0.25, -0.2) is 8.42 Å². The normalized spacial score (nSPS) is 21.8. The predicted molar refractivity (Wildman–Crippen MR) is 76.6 cm³/mol. The average molecular weight is 282 g/mol. The molecule has 0 aromatic heterocycles. The smallest absolute Gasteiger partial charge is 0.243 e. The SMILES string of the molecule is Cc1ccc(S(=O)(=O)N2CCNCC2C(C)C)cc1. The van der Waals surface area contributed by atoms with Crippen LogP contribution in [-0.2, 0) is 10.0 Å². The highest BCUT2D eigenvalue weighted by atomic mass is 32.2. The number of nitrogens with one attached hydrogen (secondary N) is 1. The van der Waals surface area contributed by atoms with E-state index in [0.29, 0.717) is 23.9 Å². The van der Waals surface area contributed by atoms with Crippen molar-refractivity contribution in [2.45, 2.75) is 31.7 Å². The largest absolute Gasteiger partial charge is 0.314 e. The highest BCUT2D eigenvalue weighted by Gasteiger charge is 2.34. The van der Waals surface area contributed by atoms with Crippen LogP contribution in [0.4, 0.5) is 0 Å². The van der Waals surface area contributed by atoms with Crippen LogP contribution in [0, 0.1) is 12.8 Å². The number of hydrogen-bond donors (Lipinski definition) is 1. The van der Waals surface area contributed by atoms with E-state index in [4.69, 9.17) is 0 Å². The highest BCUT2D eigenvalue weighted by molar-refractivity contribution is 7.89. The Morgan fingerprint density at radius 1 is 1.26 bits per heavy atom. The third-order valence-electron chi connectivity index (χ3n) is 3.63. The lowest BCUT2D eigenvalue weighted by Crippen LogP contribution is -2.55. The van der Waals surface area contributed by atoms with Gasteiger partial charge in [-0.05, 0) is 25.0 Å². The summed E-state index contributed by atoms with van der Waals surface area (Å²) in [5.74, 6) is 0.299. The molecule has 0 saturated carbocycles. The quantitative estimate of drug-likeness (QED) is 0.916. The average Bonchev–Trinajstić information content (AvgIpc) is 2.39. The molecule has 1 heterocycles. The van der Waals surface area contributed by atoms with E-state index in [0.717, 1.165) is 12.1 Å². The molecule has 1 aliphatic rings. The number of nitrogens with zero attached hydrogens (tertiary/aromatic N) is 1. The van der Waals surface area contributed by atoms with Crippen LogP contribution in [0.3, 0.4) is 0 Å². The van der Waals surface area contributed by atoms with Crippen molar-refractivity contribution in [3.8, 4) is 0 Å². The van der Waals surface area contributed by atoms with Crippen molar-refractivity contribution in [3.05, 3.63) is 29.8 Å². The van der Waals surface area contributed by atoms with Gasteiger partial charge in [-0.2, -0.15) is 4.31 Å². The van der Waals surface area contributed by atoms with Crippen molar-refractivity contribution in [3.63, 3.8) is 0 Å². The van der Waals surface area contributed by atoms with E-state index in [-0.39, 0.29) is 6.04 Å². The topological polar surface area (TPSA) is 49.4 Å². The fourth-order valence-corrected chi connectivity index (χ4v) is 4.18. The predicted octanol–water partition coefficient (Wildman–Crippen LogP) is 1.61. The summed E-state index contributed by atoms with van der Waals surface area (Å²) in [6.07, 6.45) is 0. The van der Waals surface area contributed by atoms with Crippen molar-refractivity contribution in [1.82, 2.24) is 9.62 Å². The molecule has 1 aliphatic heterocycles. The second-order valence-corrected chi connectivity index (χ2v) is 7.33. The Hall–Kier alpha value is -0.910. The second kappa shape index (κ2) is 5.61. The molecule has 0 bridgehead atoms. The van der Waals surface area contributed by atoms with E-state index in [2.05, 4.69) is 19.2 Å². The van der Waals surface area contributed by atoms with Crippen LogP contribution in [0.25, 0.3) is 0 Å². The van der Waals surface area contributed by atoms with Crippen LogP contribution in [0.2, 0.25) is 0 Å². The molecule has 1 saturated heterocycles. The number of aryl methyl sites for hydroxylation is 1. The van der Waals surface area contributed by atoms with Crippen molar-refractivity contribution in [1.29, 1.82) is 0 Å². The van der Waals surface area contributed by atoms with Gasteiger partial charge in [0, 0.05) is 25.7 Å². The number of sulfonamides is 1. The molecule has 1 unspecified atom stereocenters. The molecule has 0 radical (unpaired) electrons. The fourth-order valence-electron chi connectivity index (χ4n) is 2.42. The summed E-state index contributed by atoms with van der Waals surface area (Å²) >= 11 is 0. The third-order valence-corrected chi connectivity index (χ3v) is 5.57. The maximum atomic E-state index is 12.7. The van der Waals surface area contributed by atoms with Crippen LogP contribution in [-0.4, -0.2) is 38.4 Å². The van der Waals surface area contributed by atoms with Gasteiger partial charge in [0.15, 0.2) is 0 Å². The molecular formula is C14H22N2O2S. The van der Waals surface area contributed by atoms with Crippen LogP contribution in [0.15, 0.2) is 29.2 Å². The number of hydrogen-bond acceptors (Lipinski definition) is 3. The lowest BCUT2D eigenvalue weighted by atomic mass is 10.0. The molecule has 19 heavy (non-hydrogen) atoms. The number of rotatable bonds is 3. The van der Waals surface area contributed by atoms with Gasteiger partial charge in [0.25, 0.3) is 0 Å². The third kappa shape index (κ3) is 2.99. The number of piperazine rings is 1. The molecule has 1 fully saturated rings. The van der Waals surface area contributed by atoms with Gasteiger partial charge >= 0.3 is 0 Å². The summed E-state index contributed by atoms with van der Waals surface area (Å²) in [4.78, 5) is 0.394. The zero-order valence-electron chi connectivity index (χ0n) is 11.8. The molecule has 0 aliphatic carbocycles. The summed E-state index contributed by atoms with van der Waals surface area (Å²) < 4.78 is 27.1. The van der Waals surface area contributed by atoms with E-state index in [1.807, 2.05) is 19.1 Å². The Bertz CT molecular complexity index is 523. The molecule has 1 N–H and O–H groups in total. The van der Waals surface area contributed by atoms with Crippen molar-refractivity contribution >= 4 is 10.0 Å². The Labute approximate surface area is 115 Å². The zero-order valence-corrected chi connectivity index (χ0v) is 12.6. The molecule has 1 atom stereocenters. The Morgan fingerprint density at radius 3 is 2.47 bits per heavy atom. The summed E-state index contributed by atoms with van der Waals surface area (Å²) in [7, 11) is -3.38. The van der Waals surface area contributed by atoms with Crippen molar-refractivity contribution in [2.24, 2.45) is 5.92 Å². The molecule has 1 aromatic rings. The van der Waals surface area contributed by atoms with E-state index in [1.54, 1.807) is 16.4 Å². The molecule has 0 spiro atoms. The zero-order chi connectivity index (χ0) is 14.0. The monoisotopic (exact) mass is 282 g/mol. The van der Waals surface area contributed by atoms with Gasteiger partial charge in [-0.15, -0.1) is 0 Å². The molecule has 1 aromatic carbocycles. The molecule has 5 heteroatoms. The summed E-state index contributed by atoms with van der Waals surface area (Å²) in [5.41, 5.74) is 1.07. The van der Waals surface area contributed by atoms with Gasteiger partial charge in [0.1, 0.15) is 0 Å². The Balaban J connectivity index is 2.34. The van der Waals surface area contributed by atoms with Crippen molar-refractivity contribution < 1.29 is 8.42 Å². The standard InChI is InChI=1S/C14H22N2O2S/c1-11(2)14-10-15-8-9-16(14)19(17,18)13-6-4-12(3)5-7-13/h4-7,11,14-15H,8-10H2,1-3H3. The first-order chi connectivity index (χ1) is 8.93. The van der Waals surface area contributed by atoms with Crippen LogP contribution in [0.5, 0.6) is 0 Å². The van der Waals surface area contributed by atoms with E-state index >= 15 is 0 Å². The molecular weight excluding hydrogens is 260 g/mol. The van der Waals surface area contributed by atoms with Crippen LogP contribution in [0.1, 0.15) is 19.4 Å². The first-order valence-electron chi connectivity index (χ1n) is 6.72. The van der Waals surface area contributed by atoms with E-state index < -0.39 is 10.0 Å². The van der Waals surface area contributed by atoms with Gasteiger partial charge < -0.3 is 5.32 Å². The maximum Gasteiger partial charge on any atom is 0.243 e. The van der Waals surface area contributed by atoms with Crippen molar-refractivity contribution in [2.75, 3.05) is 19.6 Å². The minimum Gasteiger partial charge on any atom is -0.314 e. The van der Waals surface area contributed by atoms with Gasteiger partial charge in [-0.3, -0.25) is 0 Å². The van der Waals surface area contributed by atoms with E-state index in [9.17, 15) is 8.42 Å². The number of benzene rings is 1. The van der Waals surface area contributed by atoms with Gasteiger partial charge in [0.05, 0.1) is 4.90 Å². The van der Waals surface area contributed by atoms with Gasteiger partial charge in [0.2, 0.25) is 10.0 Å².